The van der Waals surface area contributed by atoms with Gasteiger partial charge in [0.05, 0.1) is 23.6 Å². The van der Waals surface area contributed by atoms with Crippen molar-refractivity contribution in [1.29, 1.82) is 0 Å². The minimum atomic E-state index is 0.605. The van der Waals surface area contributed by atoms with Gasteiger partial charge in [0.2, 0.25) is 0 Å². The Morgan fingerprint density at radius 3 is 2.69 bits per heavy atom. The second-order valence-corrected chi connectivity index (χ2v) is 6.44. The van der Waals surface area contributed by atoms with Crippen molar-refractivity contribution in [3.8, 4) is 22.4 Å². The lowest BCUT2D eigenvalue weighted by molar-refractivity contribution is 1.12. The molecule has 0 aliphatic carbocycles. The van der Waals surface area contributed by atoms with Gasteiger partial charge in [-0.3, -0.25) is 10.1 Å². The maximum Gasteiger partial charge on any atom is 0.178 e. The molecule has 5 rings (SSSR count). The van der Waals surface area contributed by atoms with Crippen molar-refractivity contribution in [2.45, 2.75) is 0 Å². The standard InChI is InChI=1S/C20H12ClN5/c21-16-3-1-2-13(6-16)19-11-22-18-8-15(9-23-20(18)25-19)12-4-5-14-10-24-26-17(14)7-12/h1-11H,(H,24,26). The number of nitrogens with zero attached hydrogens (tertiary/aromatic N) is 4. The second-order valence-electron chi connectivity index (χ2n) is 6.00. The molecule has 0 aliphatic rings. The molecule has 0 amide bonds. The van der Waals surface area contributed by atoms with Crippen molar-refractivity contribution < 1.29 is 0 Å². The van der Waals surface area contributed by atoms with Crippen LogP contribution in [0.5, 0.6) is 0 Å². The minimum Gasteiger partial charge on any atom is -0.278 e. The summed E-state index contributed by atoms with van der Waals surface area (Å²) in [6.45, 7) is 0. The van der Waals surface area contributed by atoms with Gasteiger partial charge in [-0.1, -0.05) is 35.9 Å². The zero-order chi connectivity index (χ0) is 17.5. The lowest BCUT2D eigenvalue weighted by Crippen LogP contribution is -1.92. The van der Waals surface area contributed by atoms with Crippen molar-refractivity contribution in [2.75, 3.05) is 0 Å². The number of nitrogens with one attached hydrogen (secondary N) is 1. The molecule has 3 heterocycles. The third kappa shape index (κ3) is 2.59. The Morgan fingerprint density at radius 2 is 1.77 bits per heavy atom. The van der Waals surface area contributed by atoms with Gasteiger partial charge in [-0.25, -0.2) is 9.97 Å². The molecule has 0 spiro atoms. The molecule has 1 N–H and O–H groups in total. The normalized spacial score (nSPS) is 11.3. The van der Waals surface area contributed by atoms with E-state index in [1.165, 1.54) is 0 Å². The van der Waals surface area contributed by atoms with E-state index in [0.29, 0.717) is 10.7 Å². The van der Waals surface area contributed by atoms with Crippen LogP contribution < -0.4 is 0 Å². The third-order valence-corrected chi connectivity index (χ3v) is 4.53. The molecule has 124 valence electrons. The molecule has 0 unspecified atom stereocenters. The van der Waals surface area contributed by atoms with Crippen molar-refractivity contribution in [3.05, 3.63) is 72.1 Å². The predicted molar refractivity (Wildman–Crippen MR) is 103 cm³/mol. The van der Waals surface area contributed by atoms with Gasteiger partial charge in [0, 0.05) is 27.7 Å². The third-order valence-electron chi connectivity index (χ3n) is 4.30. The highest BCUT2D eigenvalue weighted by atomic mass is 35.5. The Balaban J connectivity index is 1.58. The summed E-state index contributed by atoms with van der Waals surface area (Å²) in [7, 11) is 0. The molecule has 0 saturated heterocycles. The summed E-state index contributed by atoms with van der Waals surface area (Å²) in [5.74, 6) is 0. The van der Waals surface area contributed by atoms with Crippen LogP contribution in [0.1, 0.15) is 0 Å². The zero-order valence-electron chi connectivity index (χ0n) is 13.5. The van der Waals surface area contributed by atoms with Crippen LogP contribution >= 0.6 is 11.6 Å². The number of H-pyrrole nitrogens is 1. The van der Waals surface area contributed by atoms with E-state index in [0.717, 1.165) is 38.8 Å². The molecule has 5 aromatic rings. The Labute approximate surface area is 153 Å². The van der Waals surface area contributed by atoms with Crippen LogP contribution in [0.2, 0.25) is 5.02 Å². The SMILES string of the molecule is Clc1cccc(-c2cnc3cc(-c4ccc5cn[nH]c5c4)cnc3n2)c1. The first-order chi connectivity index (χ1) is 12.8. The highest BCUT2D eigenvalue weighted by molar-refractivity contribution is 6.30. The number of benzene rings is 2. The van der Waals surface area contributed by atoms with E-state index in [4.69, 9.17) is 11.6 Å². The molecule has 0 atom stereocenters. The second kappa shape index (κ2) is 5.89. The molecule has 5 nitrogen and oxygen atoms in total. The number of hydrogen-bond donors (Lipinski definition) is 1. The average molecular weight is 358 g/mol. The molecule has 0 saturated carbocycles. The topological polar surface area (TPSA) is 67.3 Å². The van der Waals surface area contributed by atoms with Crippen LogP contribution in [0.25, 0.3) is 44.5 Å². The predicted octanol–water partition coefficient (Wildman–Crippen LogP) is 4.89. The van der Waals surface area contributed by atoms with Crippen LogP contribution in [0, 0.1) is 0 Å². The van der Waals surface area contributed by atoms with Gasteiger partial charge in [0.25, 0.3) is 0 Å². The summed E-state index contributed by atoms with van der Waals surface area (Å²) < 4.78 is 0. The monoisotopic (exact) mass is 357 g/mol. The number of halogens is 1. The highest BCUT2D eigenvalue weighted by Crippen LogP contribution is 2.26. The van der Waals surface area contributed by atoms with Gasteiger partial charge in [-0.2, -0.15) is 5.10 Å². The molecule has 0 radical (unpaired) electrons. The molecule has 0 aliphatic heterocycles. The maximum absolute atomic E-state index is 6.06. The number of rotatable bonds is 2. The summed E-state index contributed by atoms with van der Waals surface area (Å²) in [6.07, 6.45) is 5.37. The summed E-state index contributed by atoms with van der Waals surface area (Å²) in [5.41, 5.74) is 6.05. The van der Waals surface area contributed by atoms with Crippen molar-refractivity contribution >= 4 is 33.7 Å². The fourth-order valence-corrected chi connectivity index (χ4v) is 3.15. The van der Waals surface area contributed by atoms with Crippen LogP contribution in [0.15, 0.2) is 67.1 Å². The van der Waals surface area contributed by atoms with Gasteiger partial charge in [-0.05, 0) is 29.8 Å². The number of aromatic amines is 1. The Kier molecular flexibility index (Phi) is 3.40. The van der Waals surface area contributed by atoms with E-state index in [-0.39, 0.29) is 0 Å². The quantitative estimate of drug-likeness (QED) is 0.488. The van der Waals surface area contributed by atoms with Gasteiger partial charge in [0.1, 0.15) is 5.52 Å². The van der Waals surface area contributed by atoms with Crippen molar-refractivity contribution in [2.24, 2.45) is 0 Å². The van der Waals surface area contributed by atoms with Crippen LogP contribution in [-0.4, -0.2) is 25.1 Å². The molecule has 3 aromatic heterocycles. The minimum absolute atomic E-state index is 0.605. The molecule has 6 heteroatoms. The summed E-state index contributed by atoms with van der Waals surface area (Å²) >= 11 is 6.06. The van der Waals surface area contributed by atoms with Crippen LogP contribution in [0.4, 0.5) is 0 Å². The maximum atomic E-state index is 6.06. The first-order valence-electron chi connectivity index (χ1n) is 8.08. The van der Waals surface area contributed by atoms with E-state index in [2.05, 4.69) is 37.3 Å². The molecular weight excluding hydrogens is 346 g/mol. The Bertz CT molecular complexity index is 1260. The van der Waals surface area contributed by atoms with Gasteiger partial charge in [0.15, 0.2) is 5.65 Å². The molecule has 2 aromatic carbocycles. The Morgan fingerprint density at radius 1 is 0.808 bits per heavy atom. The molecule has 26 heavy (non-hydrogen) atoms. The number of hydrogen-bond acceptors (Lipinski definition) is 4. The van der Waals surface area contributed by atoms with Crippen LogP contribution in [0.3, 0.4) is 0 Å². The fourth-order valence-electron chi connectivity index (χ4n) is 2.96. The number of fused-ring (bicyclic) bond motifs is 2. The van der Waals surface area contributed by atoms with E-state index in [9.17, 15) is 0 Å². The number of pyridine rings is 1. The molecular formula is C20H12ClN5. The lowest BCUT2D eigenvalue weighted by Gasteiger charge is -2.05. The number of aromatic nitrogens is 5. The van der Waals surface area contributed by atoms with Crippen LogP contribution in [-0.2, 0) is 0 Å². The van der Waals surface area contributed by atoms with Gasteiger partial charge < -0.3 is 0 Å². The lowest BCUT2D eigenvalue weighted by atomic mass is 10.1. The van der Waals surface area contributed by atoms with Gasteiger partial charge >= 0.3 is 0 Å². The first kappa shape index (κ1) is 15.0. The first-order valence-corrected chi connectivity index (χ1v) is 8.46. The van der Waals surface area contributed by atoms with E-state index >= 15 is 0 Å². The van der Waals surface area contributed by atoms with E-state index in [1.54, 1.807) is 12.4 Å². The Hall–Kier alpha value is -3.31. The smallest absolute Gasteiger partial charge is 0.178 e. The zero-order valence-corrected chi connectivity index (χ0v) is 14.3. The fraction of sp³-hybridized carbons (Fsp3) is 0. The highest BCUT2D eigenvalue weighted by Gasteiger charge is 2.07. The summed E-state index contributed by atoms with van der Waals surface area (Å²) in [4.78, 5) is 13.7. The van der Waals surface area contributed by atoms with Crippen molar-refractivity contribution in [1.82, 2.24) is 25.1 Å². The summed E-state index contributed by atoms with van der Waals surface area (Å²) in [5, 5.41) is 8.79. The van der Waals surface area contributed by atoms with Crippen molar-refractivity contribution in [3.63, 3.8) is 0 Å². The van der Waals surface area contributed by atoms with E-state index in [1.807, 2.05) is 42.6 Å². The van der Waals surface area contributed by atoms with E-state index < -0.39 is 0 Å². The molecule has 0 fully saturated rings. The average Bonchev–Trinajstić information content (AvgIpc) is 3.15. The largest absolute Gasteiger partial charge is 0.278 e. The van der Waals surface area contributed by atoms with Gasteiger partial charge in [-0.15, -0.1) is 0 Å². The summed E-state index contributed by atoms with van der Waals surface area (Å²) in [6, 6.07) is 15.7. The molecule has 0 bridgehead atoms.